The van der Waals surface area contributed by atoms with Crippen LogP contribution in [0.3, 0.4) is 0 Å². The second-order valence-electron chi connectivity index (χ2n) is 2.55. The summed E-state index contributed by atoms with van der Waals surface area (Å²) < 4.78 is 40.3. The Bertz CT molecular complexity index is 192. The monoisotopic (exact) mass is 183 g/mol. The zero-order valence-electron chi connectivity index (χ0n) is 6.31. The van der Waals surface area contributed by atoms with Crippen molar-refractivity contribution < 1.29 is 22.7 Å². The highest BCUT2D eigenvalue weighted by Crippen LogP contribution is 2.25. The summed E-state index contributed by atoms with van der Waals surface area (Å²) in [5.41, 5.74) is 0. The highest BCUT2D eigenvalue weighted by molar-refractivity contribution is 5.80. The van der Waals surface area contributed by atoms with Crippen LogP contribution in [-0.2, 0) is 9.53 Å². The number of hydrogen-bond acceptors (Lipinski definition) is 2. The fourth-order valence-electron chi connectivity index (χ4n) is 0.886. The summed E-state index contributed by atoms with van der Waals surface area (Å²) in [6.07, 6.45) is -7.29. The number of carbonyl (C=O) groups is 1. The minimum atomic E-state index is -4.40. The molecule has 0 bridgehead atoms. The summed E-state index contributed by atoms with van der Waals surface area (Å²) >= 11 is 0. The zero-order chi connectivity index (χ0) is 9.35. The number of rotatable bonds is 0. The van der Waals surface area contributed by atoms with E-state index >= 15 is 0 Å². The summed E-state index contributed by atoms with van der Waals surface area (Å²) in [6, 6.07) is 0. The van der Waals surface area contributed by atoms with Gasteiger partial charge in [0, 0.05) is 0 Å². The lowest BCUT2D eigenvalue weighted by atomic mass is 10.2. The van der Waals surface area contributed by atoms with Gasteiger partial charge in [-0.1, -0.05) is 0 Å². The van der Waals surface area contributed by atoms with Crippen molar-refractivity contribution in [3.63, 3.8) is 0 Å². The van der Waals surface area contributed by atoms with E-state index in [1.165, 1.54) is 6.92 Å². The van der Waals surface area contributed by atoms with E-state index in [2.05, 4.69) is 10.1 Å². The molecule has 6 heteroatoms. The molecule has 0 aromatic rings. The van der Waals surface area contributed by atoms with Crippen LogP contribution >= 0.6 is 0 Å². The van der Waals surface area contributed by atoms with Gasteiger partial charge in [0.25, 0.3) is 0 Å². The Morgan fingerprint density at radius 3 is 2.58 bits per heavy atom. The van der Waals surface area contributed by atoms with E-state index in [4.69, 9.17) is 0 Å². The first-order valence-corrected chi connectivity index (χ1v) is 3.41. The second-order valence-corrected chi connectivity index (χ2v) is 2.55. The molecule has 0 aromatic carbocycles. The van der Waals surface area contributed by atoms with Gasteiger partial charge in [-0.2, -0.15) is 13.2 Å². The van der Waals surface area contributed by atoms with E-state index in [1.54, 1.807) is 0 Å². The Morgan fingerprint density at radius 2 is 2.17 bits per heavy atom. The van der Waals surface area contributed by atoms with Crippen molar-refractivity contribution in [2.45, 2.75) is 25.3 Å². The summed E-state index contributed by atoms with van der Waals surface area (Å²) in [7, 11) is 0. The Kier molecular flexibility index (Phi) is 2.27. The quantitative estimate of drug-likeness (QED) is 0.592. The fraction of sp³-hybridized carbons (Fsp3) is 0.833. The first kappa shape index (κ1) is 9.31. The average Bonchev–Trinajstić information content (AvgIpc) is 1.92. The van der Waals surface area contributed by atoms with E-state index in [-0.39, 0.29) is 0 Å². The van der Waals surface area contributed by atoms with Gasteiger partial charge in [-0.3, -0.25) is 4.79 Å². The van der Waals surface area contributed by atoms with Crippen LogP contribution in [0.15, 0.2) is 0 Å². The molecule has 2 atom stereocenters. The van der Waals surface area contributed by atoms with Crippen molar-refractivity contribution >= 4 is 5.91 Å². The standard InChI is InChI=1S/C6H8F3NO2/c1-3-5(11)10-2-4(12-3)6(7,8)9/h3-4H,2H2,1H3,(H,10,11)/t3-,4-/m1/s1. The number of ether oxygens (including phenoxy) is 1. The van der Waals surface area contributed by atoms with Crippen LogP contribution in [-0.4, -0.2) is 30.8 Å². The van der Waals surface area contributed by atoms with Gasteiger partial charge < -0.3 is 10.1 Å². The Morgan fingerprint density at radius 1 is 1.58 bits per heavy atom. The molecule has 12 heavy (non-hydrogen) atoms. The van der Waals surface area contributed by atoms with E-state index in [9.17, 15) is 18.0 Å². The molecule has 0 aliphatic carbocycles. The first-order valence-electron chi connectivity index (χ1n) is 3.41. The smallest absolute Gasteiger partial charge is 0.354 e. The molecule has 70 valence electrons. The third kappa shape index (κ3) is 1.88. The van der Waals surface area contributed by atoms with Gasteiger partial charge in [-0.25, -0.2) is 0 Å². The molecule has 1 aliphatic heterocycles. The summed E-state index contributed by atoms with van der Waals surface area (Å²) in [5.74, 6) is -0.504. The van der Waals surface area contributed by atoms with Crippen LogP contribution in [0.1, 0.15) is 6.92 Å². The van der Waals surface area contributed by atoms with Gasteiger partial charge in [0.1, 0.15) is 6.10 Å². The highest BCUT2D eigenvalue weighted by Gasteiger charge is 2.44. The molecule has 1 rings (SSSR count). The number of nitrogens with one attached hydrogen (secondary N) is 1. The fourth-order valence-corrected chi connectivity index (χ4v) is 0.886. The maximum atomic E-state index is 12.0. The molecule has 1 heterocycles. The molecule has 1 aliphatic rings. The predicted octanol–water partition coefficient (Wildman–Crippen LogP) is 0.452. The molecular weight excluding hydrogens is 175 g/mol. The second kappa shape index (κ2) is 2.93. The van der Waals surface area contributed by atoms with E-state index in [0.29, 0.717) is 0 Å². The van der Waals surface area contributed by atoms with Gasteiger partial charge in [-0.05, 0) is 6.92 Å². The van der Waals surface area contributed by atoms with Crippen molar-refractivity contribution in [2.75, 3.05) is 6.54 Å². The molecule has 1 saturated heterocycles. The van der Waals surface area contributed by atoms with Gasteiger partial charge in [0.15, 0.2) is 6.10 Å². The Labute approximate surface area is 66.9 Å². The average molecular weight is 183 g/mol. The van der Waals surface area contributed by atoms with Gasteiger partial charge in [0.05, 0.1) is 6.54 Å². The Hall–Kier alpha value is -0.780. The van der Waals surface area contributed by atoms with Crippen LogP contribution in [0.2, 0.25) is 0 Å². The molecular formula is C6H8F3NO2. The lowest BCUT2D eigenvalue weighted by molar-refractivity contribution is -0.235. The van der Waals surface area contributed by atoms with Crippen molar-refractivity contribution in [3.05, 3.63) is 0 Å². The van der Waals surface area contributed by atoms with Crippen molar-refractivity contribution in [1.29, 1.82) is 0 Å². The maximum absolute atomic E-state index is 12.0. The molecule has 3 nitrogen and oxygen atoms in total. The van der Waals surface area contributed by atoms with Crippen molar-refractivity contribution in [1.82, 2.24) is 5.32 Å². The molecule has 0 unspecified atom stereocenters. The lowest BCUT2D eigenvalue weighted by Gasteiger charge is -2.29. The third-order valence-electron chi connectivity index (χ3n) is 1.56. The van der Waals surface area contributed by atoms with Crippen LogP contribution in [0, 0.1) is 0 Å². The minimum Gasteiger partial charge on any atom is -0.354 e. The molecule has 0 saturated carbocycles. The van der Waals surface area contributed by atoms with Gasteiger partial charge >= 0.3 is 6.18 Å². The lowest BCUT2D eigenvalue weighted by Crippen LogP contribution is -2.53. The number of halogens is 3. The molecule has 1 fully saturated rings. The number of hydrogen-bond donors (Lipinski definition) is 1. The maximum Gasteiger partial charge on any atom is 0.416 e. The molecule has 0 spiro atoms. The number of morpholine rings is 1. The van der Waals surface area contributed by atoms with Gasteiger partial charge in [0.2, 0.25) is 5.91 Å². The van der Waals surface area contributed by atoms with Crippen LogP contribution in [0.4, 0.5) is 13.2 Å². The van der Waals surface area contributed by atoms with Crippen LogP contribution in [0.25, 0.3) is 0 Å². The summed E-state index contributed by atoms with van der Waals surface area (Å²) in [6.45, 7) is 0.792. The molecule has 1 N–H and O–H groups in total. The summed E-state index contributed by atoms with van der Waals surface area (Å²) in [5, 5.41) is 2.10. The highest BCUT2D eigenvalue weighted by atomic mass is 19.4. The number of carbonyl (C=O) groups excluding carboxylic acids is 1. The molecule has 0 aromatic heterocycles. The predicted molar refractivity (Wildman–Crippen MR) is 33.4 cm³/mol. The first-order chi connectivity index (χ1) is 5.41. The third-order valence-corrected chi connectivity index (χ3v) is 1.56. The SMILES string of the molecule is C[C@H]1O[C@@H](C(F)(F)F)CNC1=O. The van der Waals surface area contributed by atoms with Crippen molar-refractivity contribution in [3.8, 4) is 0 Å². The minimum absolute atomic E-state index is 0.493. The van der Waals surface area contributed by atoms with Crippen molar-refractivity contribution in [2.24, 2.45) is 0 Å². The normalized spacial score (nSPS) is 31.5. The van der Waals surface area contributed by atoms with E-state index in [0.717, 1.165) is 0 Å². The van der Waals surface area contributed by atoms with E-state index in [1.807, 2.05) is 0 Å². The summed E-state index contributed by atoms with van der Waals surface area (Å²) in [4.78, 5) is 10.7. The zero-order valence-corrected chi connectivity index (χ0v) is 6.31. The van der Waals surface area contributed by atoms with Crippen LogP contribution < -0.4 is 5.32 Å². The Balaban J connectivity index is 2.57. The number of alkyl halides is 3. The van der Waals surface area contributed by atoms with Gasteiger partial charge in [-0.15, -0.1) is 0 Å². The van der Waals surface area contributed by atoms with E-state index < -0.39 is 30.8 Å². The largest absolute Gasteiger partial charge is 0.416 e. The topological polar surface area (TPSA) is 38.3 Å². The number of amides is 1. The van der Waals surface area contributed by atoms with Crippen LogP contribution in [0.5, 0.6) is 0 Å². The molecule has 0 radical (unpaired) electrons. The molecule has 1 amide bonds.